The zero-order valence-corrected chi connectivity index (χ0v) is 11.8. The van der Waals surface area contributed by atoms with E-state index in [9.17, 15) is 4.39 Å². The van der Waals surface area contributed by atoms with Crippen LogP contribution < -0.4 is 0 Å². The van der Waals surface area contributed by atoms with Crippen molar-refractivity contribution >= 4 is 16.3 Å². The minimum Gasteiger partial charge on any atom is -0.217 e. The molecule has 0 aliphatic carbocycles. The van der Waals surface area contributed by atoms with Crippen LogP contribution in [0.3, 0.4) is 0 Å². The molecular formula is C14H14FN3S. The molecule has 0 unspecified atom stereocenters. The van der Waals surface area contributed by atoms with Crippen LogP contribution in [0.15, 0.2) is 24.3 Å². The van der Waals surface area contributed by atoms with E-state index in [1.807, 2.05) is 11.4 Å². The Labute approximate surface area is 114 Å². The van der Waals surface area contributed by atoms with Crippen LogP contribution in [0.5, 0.6) is 0 Å². The summed E-state index contributed by atoms with van der Waals surface area (Å²) in [6, 6.07) is 6.40. The lowest BCUT2D eigenvalue weighted by atomic mass is 10.1. The second kappa shape index (κ2) is 4.42. The van der Waals surface area contributed by atoms with Crippen LogP contribution in [0, 0.1) is 12.7 Å². The van der Waals surface area contributed by atoms with Gasteiger partial charge >= 0.3 is 0 Å². The number of fused-ring (bicyclic) bond motifs is 1. The fourth-order valence-corrected chi connectivity index (χ4v) is 2.92. The van der Waals surface area contributed by atoms with Crippen molar-refractivity contribution in [3.63, 3.8) is 0 Å². The quantitative estimate of drug-likeness (QED) is 0.707. The van der Waals surface area contributed by atoms with E-state index in [4.69, 9.17) is 0 Å². The SMILES string of the molecule is Cc1c(-c2ccc(F)cc2)nc2sc(C(C)C)nn12. The molecule has 0 spiro atoms. The first-order valence-electron chi connectivity index (χ1n) is 6.18. The van der Waals surface area contributed by atoms with Gasteiger partial charge in [-0.2, -0.15) is 5.10 Å². The molecule has 0 bridgehead atoms. The Balaban J connectivity index is 2.13. The maximum atomic E-state index is 13.0. The number of aryl methyl sites for hydroxylation is 1. The molecule has 98 valence electrons. The molecule has 1 aromatic carbocycles. The van der Waals surface area contributed by atoms with Gasteiger partial charge in [-0.05, 0) is 31.2 Å². The third kappa shape index (κ3) is 2.04. The van der Waals surface area contributed by atoms with E-state index in [0.29, 0.717) is 5.92 Å². The van der Waals surface area contributed by atoms with Gasteiger partial charge in [0.1, 0.15) is 10.8 Å². The van der Waals surface area contributed by atoms with Gasteiger partial charge in [-0.25, -0.2) is 13.9 Å². The Hall–Kier alpha value is -1.75. The second-order valence-corrected chi connectivity index (χ2v) is 5.83. The van der Waals surface area contributed by atoms with Crippen molar-refractivity contribution in [1.29, 1.82) is 0 Å². The Bertz CT molecular complexity index is 725. The fraction of sp³-hybridized carbons (Fsp3) is 0.286. The summed E-state index contributed by atoms with van der Waals surface area (Å²) in [7, 11) is 0. The molecule has 0 atom stereocenters. The predicted molar refractivity (Wildman–Crippen MR) is 75.1 cm³/mol. The molecular weight excluding hydrogens is 261 g/mol. The number of hydrogen-bond acceptors (Lipinski definition) is 3. The smallest absolute Gasteiger partial charge is 0.212 e. The fourth-order valence-electron chi connectivity index (χ4n) is 1.98. The first-order valence-corrected chi connectivity index (χ1v) is 7.00. The van der Waals surface area contributed by atoms with Gasteiger partial charge in [0.05, 0.1) is 11.4 Å². The van der Waals surface area contributed by atoms with E-state index >= 15 is 0 Å². The molecule has 3 aromatic rings. The van der Waals surface area contributed by atoms with Crippen molar-refractivity contribution < 1.29 is 4.39 Å². The zero-order valence-electron chi connectivity index (χ0n) is 11.0. The van der Waals surface area contributed by atoms with Gasteiger partial charge in [0.2, 0.25) is 4.96 Å². The highest BCUT2D eigenvalue weighted by molar-refractivity contribution is 7.16. The lowest BCUT2D eigenvalue weighted by Gasteiger charge is -1.99. The summed E-state index contributed by atoms with van der Waals surface area (Å²) in [5.74, 6) is 0.169. The molecule has 0 saturated heterocycles. The third-order valence-corrected chi connectivity index (χ3v) is 4.26. The van der Waals surface area contributed by atoms with Crippen LogP contribution >= 0.6 is 11.3 Å². The summed E-state index contributed by atoms with van der Waals surface area (Å²) in [5.41, 5.74) is 2.78. The topological polar surface area (TPSA) is 30.2 Å². The highest BCUT2D eigenvalue weighted by Crippen LogP contribution is 2.28. The molecule has 0 fully saturated rings. The maximum absolute atomic E-state index is 13.0. The molecule has 5 heteroatoms. The highest BCUT2D eigenvalue weighted by atomic mass is 32.1. The summed E-state index contributed by atoms with van der Waals surface area (Å²) in [6.45, 7) is 6.23. The summed E-state index contributed by atoms with van der Waals surface area (Å²) < 4.78 is 14.8. The number of halogens is 1. The van der Waals surface area contributed by atoms with Gasteiger partial charge in [0.15, 0.2) is 0 Å². The van der Waals surface area contributed by atoms with E-state index in [-0.39, 0.29) is 5.82 Å². The predicted octanol–water partition coefficient (Wildman–Crippen LogP) is 4.03. The largest absolute Gasteiger partial charge is 0.217 e. The zero-order chi connectivity index (χ0) is 13.6. The molecule has 0 aliphatic rings. The average molecular weight is 275 g/mol. The van der Waals surface area contributed by atoms with Gasteiger partial charge in [-0.1, -0.05) is 25.2 Å². The monoisotopic (exact) mass is 275 g/mol. The van der Waals surface area contributed by atoms with Gasteiger partial charge in [-0.3, -0.25) is 0 Å². The van der Waals surface area contributed by atoms with E-state index in [1.54, 1.807) is 23.5 Å². The van der Waals surface area contributed by atoms with Gasteiger partial charge < -0.3 is 0 Å². The van der Waals surface area contributed by atoms with Gasteiger partial charge in [0, 0.05) is 11.5 Å². The van der Waals surface area contributed by atoms with Crippen molar-refractivity contribution in [3.05, 3.63) is 40.8 Å². The molecule has 0 radical (unpaired) electrons. The molecule has 0 saturated carbocycles. The molecule has 3 nitrogen and oxygen atoms in total. The van der Waals surface area contributed by atoms with Crippen LogP contribution in [-0.4, -0.2) is 14.6 Å². The Morgan fingerprint density at radius 3 is 2.47 bits per heavy atom. The number of nitrogens with zero attached hydrogens (tertiary/aromatic N) is 3. The van der Waals surface area contributed by atoms with Gasteiger partial charge in [0.25, 0.3) is 0 Å². The minimum absolute atomic E-state index is 0.234. The second-order valence-electron chi connectivity index (χ2n) is 4.84. The van der Waals surface area contributed by atoms with Crippen molar-refractivity contribution in [2.45, 2.75) is 26.7 Å². The van der Waals surface area contributed by atoms with Crippen LogP contribution in [0.1, 0.15) is 30.5 Å². The molecule has 19 heavy (non-hydrogen) atoms. The van der Waals surface area contributed by atoms with Crippen molar-refractivity contribution in [1.82, 2.24) is 14.6 Å². The van der Waals surface area contributed by atoms with E-state index in [2.05, 4.69) is 23.9 Å². The summed E-state index contributed by atoms with van der Waals surface area (Å²) in [6.07, 6.45) is 0. The Morgan fingerprint density at radius 1 is 1.21 bits per heavy atom. The number of aromatic nitrogens is 3. The van der Waals surface area contributed by atoms with E-state index < -0.39 is 0 Å². The Kier molecular flexibility index (Phi) is 2.86. The van der Waals surface area contributed by atoms with Crippen LogP contribution in [-0.2, 0) is 0 Å². The first-order chi connectivity index (χ1) is 9.06. The van der Waals surface area contributed by atoms with Gasteiger partial charge in [-0.15, -0.1) is 0 Å². The molecule has 0 aliphatic heterocycles. The van der Waals surface area contributed by atoms with Crippen molar-refractivity contribution in [2.24, 2.45) is 0 Å². The number of benzene rings is 1. The van der Waals surface area contributed by atoms with Crippen LogP contribution in [0.25, 0.3) is 16.2 Å². The maximum Gasteiger partial charge on any atom is 0.212 e. The Morgan fingerprint density at radius 2 is 1.89 bits per heavy atom. The van der Waals surface area contributed by atoms with Crippen molar-refractivity contribution in [3.8, 4) is 11.3 Å². The molecule has 2 aromatic heterocycles. The number of rotatable bonds is 2. The van der Waals surface area contributed by atoms with E-state index in [0.717, 1.165) is 26.9 Å². The van der Waals surface area contributed by atoms with Crippen LogP contribution in [0.2, 0.25) is 0 Å². The lowest BCUT2D eigenvalue weighted by molar-refractivity contribution is 0.628. The van der Waals surface area contributed by atoms with E-state index in [1.165, 1.54) is 12.1 Å². The third-order valence-electron chi connectivity index (χ3n) is 3.06. The normalized spacial score (nSPS) is 11.6. The number of hydrogen-bond donors (Lipinski definition) is 0. The summed E-state index contributed by atoms with van der Waals surface area (Å²) >= 11 is 1.60. The molecule has 2 heterocycles. The molecule has 0 amide bonds. The minimum atomic E-state index is -0.234. The summed E-state index contributed by atoms with van der Waals surface area (Å²) in [5, 5.41) is 5.65. The standard InChI is InChI=1S/C14H14FN3S/c1-8(2)13-17-18-9(3)12(16-14(18)19-13)10-4-6-11(15)7-5-10/h4-8H,1-3H3. The molecule has 3 rings (SSSR count). The lowest BCUT2D eigenvalue weighted by Crippen LogP contribution is -1.92. The van der Waals surface area contributed by atoms with Crippen molar-refractivity contribution in [2.75, 3.05) is 0 Å². The molecule has 0 N–H and O–H groups in total. The van der Waals surface area contributed by atoms with Crippen LogP contribution in [0.4, 0.5) is 4.39 Å². The highest BCUT2D eigenvalue weighted by Gasteiger charge is 2.15. The first kappa shape index (κ1) is 12.3. The average Bonchev–Trinajstić information content (AvgIpc) is 2.91. The number of imidazole rings is 1. The summed E-state index contributed by atoms with van der Waals surface area (Å²) in [4.78, 5) is 5.50.